The van der Waals surface area contributed by atoms with E-state index < -0.39 is 0 Å². The van der Waals surface area contributed by atoms with E-state index in [1.54, 1.807) is 31.4 Å². The first-order valence-corrected chi connectivity index (χ1v) is 8.57. The summed E-state index contributed by atoms with van der Waals surface area (Å²) < 4.78 is 5.12. The Balaban J connectivity index is 1.50. The monoisotopic (exact) mass is 350 g/mol. The molecule has 5 nitrogen and oxygen atoms in total. The van der Waals surface area contributed by atoms with Crippen LogP contribution in [0.1, 0.15) is 34.5 Å². The molecule has 0 bridgehead atoms. The zero-order chi connectivity index (χ0) is 18.5. The van der Waals surface area contributed by atoms with Crippen LogP contribution < -0.4 is 10.1 Å². The molecule has 0 aliphatic rings. The highest BCUT2D eigenvalue weighted by molar-refractivity contribution is 5.98. The fraction of sp³-hybridized carbons (Fsp3) is 0.238. The predicted octanol–water partition coefficient (Wildman–Crippen LogP) is 3.76. The highest BCUT2D eigenvalue weighted by atomic mass is 16.5. The van der Waals surface area contributed by atoms with Gasteiger partial charge in [-0.15, -0.1) is 0 Å². The number of hydrogen-bond donors (Lipinski definition) is 2. The summed E-state index contributed by atoms with van der Waals surface area (Å²) in [6.45, 7) is 2.47. The fourth-order valence-electron chi connectivity index (χ4n) is 2.89. The van der Waals surface area contributed by atoms with Crippen LogP contribution in [0.2, 0.25) is 0 Å². The van der Waals surface area contributed by atoms with Crippen molar-refractivity contribution < 1.29 is 14.3 Å². The van der Waals surface area contributed by atoms with E-state index in [0.717, 1.165) is 22.2 Å². The lowest BCUT2D eigenvalue weighted by Crippen LogP contribution is -2.23. The van der Waals surface area contributed by atoms with Gasteiger partial charge in [0.15, 0.2) is 5.78 Å². The molecule has 1 heterocycles. The zero-order valence-electron chi connectivity index (χ0n) is 15.0. The minimum atomic E-state index is -0.133. The summed E-state index contributed by atoms with van der Waals surface area (Å²) in [4.78, 5) is 27.5. The van der Waals surface area contributed by atoms with Crippen molar-refractivity contribution in [2.24, 2.45) is 0 Å². The van der Waals surface area contributed by atoms with Crippen molar-refractivity contribution in [2.75, 3.05) is 7.11 Å². The number of benzene rings is 2. The van der Waals surface area contributed by atoms with Gasteiger partial charge in [0.25, 0.3) is 0 Å². The Morgan fingerprint density at radius 2 is 1.92 bits per heavy atom. The summed E-state index contributed by atoms with van der Waals surface area (Å²) in [6, 6.07) is 15.1. The largest absolute Gasteiger partial charge is 0.497 e. The Bertz CT molecular complexity index is 943. The molecular weight excluding hydrogens is 328 g/mol. The highest BCUT2D eigenvalue weighted by Crippen LogP contribution is 2.17. The van der Waals surface area contributed by atoms with Crippen molar-refractivity contribution in [2.45, 2.75) is 26.3 Å². The average Bonchev–Trinajstić information content (AvgIpc) is 3.03. The molecule has 3 rings (SSSR count). The number of aromatic nitrogens is 1. The lowest BCUT2D eigenvalue weighted by Gasteiger charge is -2.06. The Kier molecular flexibility index (Phi) is 5.37. The van der Waals surface area contributed by atoms with Crippen LogP contribution in [-0.4, -0.2) is 23.8 Å². The van der Waals surface area contributed by atoms with Crippen LogP contribution in [0.4, 0.5) is 0 Å². The maximum Gasteiger partial charge on any atom is 0.220 e. The molecule has 1 amide bonds. The molecular formula is C21H22N2O3. The van der Waals surface area contributed by atoms with Crippen LogP contribution in [-0.2, 0) is 11.3 Å². The van der Waals surface area contributed by atoms with Gasteiger partial charge in [-0.1, -0.05) is 18.2 Å². The number of ketones is 1. The number of aryl methyl sites for hydroxylation is 1. The molecule has 2 N–H and O–H groups in total. The molecule has 0 saturated heterocycles. The second kappa shape index (κ2) is 7.87. The number of fused-ring (bicyclic) bond motifs is 1. The summed E-state index contributed by atoms with van der Waals surface area (Å²) in [5.74, 6) is 0.436. The number of H-pyrrole nitrogens is 1. The lowest BCUT2D eigenvalue weighted by atomic mass is 10.1. The minimum Gasteiger partial charge on any atom is -0.497 e. The zero-order valence-corrected chi connectivity index (χ0v) is 15.0. The van der Waals surface area contributed by atoms with Crippen molar-refractivity contribution in [1.29, 1.82) is 0 Å². The number of nitrogens with one attached hydrogen (secondary N) is 2. The van der Waals surface area contributed by atoms with E-state index in [4.69, 9.17) is 4.74 Å². The van der Waals surface area contributed by atoms with Crippen LogP contribution >= 0.6 is 0 Å². The molecule has 0 fully saturated rings. The molecule has 26 heavy (non-hydrogen) atoms. The van der Waals surface area contributed by atoms with Crippen LogP contribution in [0.15, 0.2) is 48.5 Å². The third kappa shape index (κ3) is 4.30. The van der Waals surface area contributed by atoms with Crippen molar-refractivity contribution in [3.8, 4) is 5.75 Å². The van der Waals surface area contributed by atoms with Gasteiger partial charge in [-0.25, -0.2) is 0 Å². The first kappa shape index (κ1) is 17.7. The molecule has 0 aliphatic heterocycles. The van der Waals surface area contributed by atoms with Crippen LogP contribution in [0.25, 0.3) is 10.9 Å². The normalized spacial score (nSPS) is 10.7. The molecule has 1 aromatic heterocycles. The van der Waals surface area contributed by atoms with Crippen LogP contribution in [0.5, 0.6) is 5.75 Å². The number of ether oxygens (including phenoxy) is 1. The molecule has 0 aliphatic carbocycles. The smallest absolute Gasteiger partial charge is 0.220 e. The number of methoxy groups -OCH3 is 1. The van der Waals surface area contributed by atoms with Gasteiger partial charge in [0, 0.05) is 36.2 Å². The lowest BCUT2D eigenvalue weighted by molar-refractivity contribution is -0.121. The van der Waals surface area contributed by atoms with E-state index in [-0.39, 0.29) is 24.5 Å². The van der Waals surface area contributed by atoms with Crippen molar-refractivity contribution >= 4 is 22.6 Å². The number of aromatic amines is 1. The Morgan fingerprint density at radius 1 is 1.08 bits per heavy atom. The van der Waals surface area contributed by atoms with E-state index in [2.05, 4.69) is 22.4 Å². The summed E-state index contributed by atoms with van der Waals surface area (Å²) in [5, 5.41) is 4.00. The van der Waals surface area contributed by atoms with E-state index in [9.17, 15) is 9.59 Å². The second-order valence-electron chi connectivity index (χ2n) is 6.31. The van der Waals surface area contributed by atoms with Gasteiger partial charge in [0.1, 0.15) is 5.75 Å². The minimum absolute atomic E-state index is 0.0664. The van der Waals surface area contributed by atoms with Gasteiger partial charge in [0.05, 0.1) is 7.11 Å². The van der Waals surface area contributed by atoms with Gasteiger partial charge in [-0.2, -0.15) is 0 Å². The number of carbonyl (C=O) groups excluding carboxylic acids is 2. The topological polar surface area (TPSA) is 71.2 Å². The molecule has 2 aromatic carbocycles. The van der Waals surface area contributed by atoms with Crippen LogP contribution in [0.3, 0.4) is 0 Å². The average molecular weight is 350 g/mol. The van der Waals surface area contributed by atoms with Gasteiger partial charge in [-0.05, 0) is 48.2 Å². The van der Waals surface area contributed by atoms with Gasteiger partial charge in [-0.3, -0.25) is 9.59 Å². The number of carbonyl (C=O) groups is 2. The van der Waals surface area contributed by atoms with E-state index in [1.807, 2.05) is 19.1 Å². The third-order valence-corrected chi connectivity index (χ3v) is 4.28. The highest BCUT2D eigenvalue weighted by Gasteiger charge is 2.10. The molecule has 0 unspecified atom stereocenters. The molecule has 0 atom stereocenters. The summed E-state index contributed by atoms with van der Waals surface area (Å²) in [6.07, 6.45) is 0.344. The summed E-state index contributed by atoms with van der Waals surface area (Å²) in [7, 11) is 1.56. The number of rotatable bonds is 7. The SMILES string of the molecule is COc1cccc(C(=O)CCC(=O)NCc2ccc3[nH]c(C)cc3c2)c1. The Morgan fingerprint density at radius 3 is 2.73 bits per heavy atom. The maximum absolute atomic E-state index is 12.2. The fourth-order valence-corrected chi connectivity index (χ4v) is 2.89. The summed E-state index contributed by atoms with van der Waals surface area (Å²) in [5.41, 5.74) is 3.79. The molecule has 5 heteroatoms. The Hall–Kier alpha value is -3.08. The quantitative estimate of drug-likeness (QED) is 0.637. The van der Waals surface area contributed by atoms with E-state index in [1.165, 1.54) is 0 Å². The van der Waals surface area contributed by atoms with Crippen molar-refractivity contribution in [3.05, 3.63) is 65.4 Å². The number of Topliss-reactive ketones (excluding diaryl/α,β-unsaturated/α-hetero) is 1. The second-order valence-corrected chi connectivity index (χ2v) is 6.31. The van der Waals surface area contributed by atoms with Gasteiger partial charge < -0.3 is 15.0 Å². The predicted molar refractivity (Wildman–Crippen MR) is 101 cm³/mol. The molecule has 0 spiro atoms. The van der Waals surface area contributed by atoms with Crippen molar-refractivity contribution in [1.82, 2.24) is 10.3 Å². The number of hydrogen-bond acceptors (Lipinski definition) is 3. The van der Waals surface area contributed by atoms with Crippen molar-refractivity contribution in [3.63, 3.8) is 0 Å². The van der Waals surface area contributed by atoms with Gasteiger partial charge >= 0.3 is 0 Å². The van der Waals surface area contributed by atoms with E-state index in [0.29, 0.717) is 17.9 Å². The first-order valence-electron chi connectivity index (χ1n) is 8.57. The first-order chi connectivity index (χ1) is 12.5. The van der Waals surface area contributed by atoms with Gasteiger partial charge in [0.2, 0.25) is 5.91 Å². The third-order valence-electron chi connectivity index (χ3n) is 4.28. The summed E-state index contributed by atoms with van der Waals surface area (Å²) >= 11 is 0. The molecule has 0 radical (unpaired) electrons. The molecule has 0 saturated carbocycles. The van der Waals surface area contributed by atoms with Crippen LogP contribution in [0, 0.1) is 6.92 Å². The number of amides is 1. The standard InChI is InChI=1S/C21H22N2O3/c1-14-10-17-11-15(6-7-19(17)23-14)13-22-21(25)9-8-20(24)16-4-3-5-18(12-16)26-2/h3-7,10-12,23H,8-9,13H2,1-2H3,(H,22,25). The molecule has 134 valence electrons. The Labute approximate surface area is 152 Å². The molecule has 3 aromatic rings. The van der Waals surface area contributed by atoms with E-state index >= 15 is 0 Å². The maximum atomic E-state index is 12.2.